The van der Waals surface area contributed by atoms with Gasteiger partial charge in [-0.05, 0) is 12.3 Å². The van der Waals surface area contributed by atoms with Gasteiger partial charge in [-0.1, -0.05) is 62.3 Å². The van der Waals surface area contributed by atoms with Gasteiger partial charge in [-0.15, -0.1) is 23.2 Å². The van der Waals surface area contributed by atoms with Crippen molar-refractivity contribution in [2.75, 3.05) is 5.33 Å². The summed E-state index contributed by atoms with van der Waals surface area (Å²) in [7, 11) is 0. The smallest absolute Gasteiger partial charge is 0.110 e. The Kier molecular flexibility index (Phi) is 3.33. The maximum absolute atomic E-state index is 6.44. The van der Waals surface area contributed by atoms with E-state index in [1.54, 1.807) is 0 Å². The lowest BCUT2D eigenvalue weighted by molar-refractivity contribution is 0.522. The van der Waals surface area contributed by atoms with Gasteiger partial charge in [0.05, 0.1) is 10.1 Å². The highest BCUT2D eigenvalue weighted by atomic mass is 79.9. The van der Waals surface area contributed by atoms with Crippen molar-refractivity contribution in [1.29, 1.82) is 0 Å². The fourth-order valence-electron chi connectivity index (χ4n) is 2.19. The summed E-state index contributed by atoms with van der Waals surface area (Å²) in [5, 5.41) is 1.15. The first-order valence-electron chi connectivity index (χ1n) is 4.11. The van der Waals surface area contributed by atoms with Crippen LogP contribution in [0, 0.1) is 5.92 Å². The lowest BCUT2D eigenvalue weighted by atomic mass is 9.94. The first-order chi connectivity index (χ1) is 6.73. The second-order valence-electron chi connectivity index (χ2n) is 3.77. The van der Waals surface area contributed by atoms with Gasteiger partial charge in [-0.3, -0.25) is 0 Å². The van der Waals surface area contributed by atoms with E-state index in [2.05, 4.69) is 15.9 Å². The molecule has 0 unspecified atom stereocenters. The molecule has 1 saturated carbocycles. The monoisotopic (exact) mass is 390 g/mol. The van der Waals surface area contributed by atoms with Gasteiger partial charge in [0, 0.05) is 5.33 Å². The zero-order valence-corrected chi connectivity index (χ0v) is 13.3. The first kappa shape index (κ1) is 13.4. The molecule has 0 aromatic heterocycles. The van der Waals surface area contributed by atoms with E-state index in [0.29, 0.717) is 11.8 Å². The van der Waals surface area contributed by atoms with Crippen LogP contribution in [0.1, 0.15) is 6.42 Å². The average Bonchev–Trinajstić information content (AvgIpc) is 2.39. The molecule has 0 aromatic rings. The van der Waals surface area contributed by atoms with Crippen LogP contribution in [0.5, 0.6) is 0 Å². The van der Waals surface area contributed by atoms with Gasteiger partial charge in [0.15, 0.2) is 4.33 Å². The summed E-state index contributed by atoms with van der Waals surface area (Å²) < 4.78 is -1.38. The van der Waals surface area contributed by atoms with Gasteiger partial charge < -0.3 is 0 Å². The summed E-state index contributed by atoms with van der Waals surface area (Å²) in [6.07, 6.45) is 0.505. The maximum Gasteiger partial charge on any atom is 0.166 e. The molecule has 0 aromatic carbocycles. The van der Waals surface area contributed by atoms with Crippen molar-refractivity contribution in [2.24, 2.45) is 5.92 Å². The molecule has 2 bridgehead atoms. The molecule has 1 fully saturated rings. The molecular weight excluding hydrogens is 389 g/mol. The molecule has 2 aliphatic carbocycles. The molecule has 0 heterocycles. The highest BCUT2D eigenvalue weighted by Gasteiger charge is 2.77. The fraction of sp³-hybridized carbons (Fsp3) is 0.750. The summed E-state index contributed by atoms with van der Waals surface area (Å²) in [5.41, 5.74) is 0. The second kappa shape index (κ2) is 3.73. The Hall–Kier alpha value is 1.96. The number of halogens is 7. The number of fused-ring (bicyclic) bond motifs is 2. The van der Waals surface area contributed by atoms with Crippen LogP contribution < -0.4 is 0 Å². The minimum Gasteiger partial charge on any atom is -0.110 e. The Morgan fingerprint density at radius 3 is 2.00 bits per heavy atom. The van der Waals surface area contributed by atoms with Crippen molar-refractivity contribution in [3.05, 3.63) is 10.1 Å². The van der Waals surface area contributed by atoms with Gasteiger partial charge in [0.2, 0.25) is 0 Å². The van der Waals surface area contributed by atoms with Gasteiger partial charge in [0.1, 0.15) is 9.75 Å². The zero-order valence-electron chi connectivity index (χ0n) is 7.14. The van der Waals surface area contributed by atoms with Crippen LogP contribution in [0.3, 0.4) is 0 Å². The molecule has 0 spiro atoms. The molecule has 3 atom stereocenters. The highest BCUT2D eigenvalue weighted by molar-refractivity contribution is 9.09. The Balaban J connectivity index is 2.65. The maximum atomic E-state index is 6.44. The van der Waals surface area contributed by atoms with E-state index in [1.165, 1.54) is 0 Å². The predicted octanol–water partition coefficient (Wildman–Crippen LogP) is 5.23. The van der Waals surface area contributed by atoms with Gasteiger partial charge in [-0.25, -0.2) is 0 Å². The van der Waals surface area contributed by atoms with E-state index in [1.807, 2.05) is 0 Å². The topological polar surface area (TPSA) is 0 Å². The zero-order chi connectivity index (χ0) is 11.6. The van der Waals surface area contributed by atoms with Crippen LogP contribution in [0.4, 0.5) is 0 Å². The van der Waals surface area contributed by atoms with Crippen molar-refractivity contribution < 1.29 is 0 Å². The highest BCUT2D eigenvalue weighted by Crippen LogP contribution is 2.74. The Bertz CT molecular complexity index is 353. The normalized spacial score (nSPS) is 47.8. The van der Waals surface area contributed by atoms with Gasteiger partial charge in [-0.2, -0.15) is 0 Å². The van der Waals surface area contributed by atoms with E-state index in [-0.39, 0.29) is 16.0 Å². The minimum atomic E-state index is -1.38. The number of alkyl halides is 5. The third kappa shape index (κ3) is 1.30. The van der Waals surface area contributed by atoms with Gasteiger partial charge >= 0.3 is 0 Å². The van der Waals surface area contributed by atoms with E-state index in [4.69, 9.17) is 69.6 Å². The average molecular weight is 394 g/mol. The van der Waals surface area contributed by atoms with Crippen molar-refractivity contribution in [1.82, 2.24) is 0 Å². The van der Waals surface area contributed by atoms with Crippen LogP contribution in [0.25, 0.3) is 0 Å². The molecule has 86 valence electrons. The van der Waals surface area contributed by atoms with Crippen LogP contribution in [-0.4, -0.2) is 19.4 Å². The molecule has 0 nitrogen and oxygen atoms in total. The standard InChI is InChI=1S/C8H5BrCl6/c9-2-3-1-6(12)4(10)5(11)7(3,13)8(6,14)15/h3H,1-2H2/t3-,6-,7+/m0/s1. The van der Waals surface area contributed by atoms with Crippen LogP contribution in [0.2, 0.25) is 0 Å². The molecule has 0 radical (unpaired) electrons. The third-order valence-electron chi connectivity index (χ3n) is 3.09. The number of hydrogen-bond donors (Lipinski definition) is 0. The van der Waals surface area contributed by atoms with E-state index < -0.39 is 14.1 Å². The molecular formula is C8H5BrCl6. The van der Waals surface area contributed by atoms with Crippen LogP contribution >= 0.6 is 85.5 Å². The molecule has 15 heavy (non-hydrogen) atoms. The number of hydrogen-bond acceptors (Lipinski definition) is 0. The lowest BCUT2D eigenvalue weighted by Crippen LogP contribution is -2.44. The summed E-state index contributed by atoms with van der Waals surface area (Å²) in [6, 6.07) is 0. The van der Waals surface area contributed by atoms with Crippen LogP contribution in [0.15, 0.2) is 10.1 Å². The number of rotatable bonds is 1. The minimum absolute atomic E-state index is 0.0401. The van der Waals surface area contributed by atoms with Crippen molar-refractivity contribution in [3.63, 3.8) is 0 Å². The first-order valence-corrected chi connectivity index (χ1v) is 7.50. The van der Waals surface area contributed by atoms with E-state index in [0.717, 1.165) is 0 Å². The van der Waals surface area contributed by atoms with E-state index >= 15 is 0 Å². The molecule has 7 heteroatoms. The molecule has 2 rings (SSSR count). The summed E-state index contributed by atoms with van der Waals surface area (Å²) in [6.45, 7) is 0. The quantitative estimate of drug-likeness (QED) is 0.535. The fourth-order valence-corrected chi connectivity index (χ4v) is 5.94. The number of allylic oxidation sites excluding steroid dienone is 2. The van der Waals surface area contributed by atoms with E-state index in [9.17, 15) is 0 Å². The summed E-state index contributed by atoms with van der Waals surface area (Å²) in [4.78, 5) is -2.17. The Morgan fingerprint density at radius 1 is 1.13 bits per heavy atom. The Labute approximate surface area is 126 Å². The van der Waals surface area contributed by atoms with Crippen molar-refractivity contribution in [2.45, 2.75) is 20.5 Å². The summed E-state index contributed by atoms with van der Waals surface area (Å²) >= 11 is 40.8. The SMILES string of the molecule is ClC1=C(Cl)[C@]2(Cl)[C@H](CBr)C[C@@]1(Cl)C2(Cl)Cl. The molecule has 0 N–H and O–H groups in total. The van der Waals surface area contributed by atoms with Gasteiger partial charge in [0.25, 0.3) is 0 Å². The third-order valence-corrected chi connectivity index (χ3v) is 8.20. The largest absolute Gasteiger partial charge is 0.166 e. The lowest BCUT2D eigenvalue weighted by Gasteiger charge is -2.33. The van der Waals surface area contributed by atoms with Crippen molar-refractivity contribution >= 4 is 85.5 Å². The molecule has 0 amide bonds. The predicted molar refractivity (Wildman–Crippen MR) is 72.2 cm³/mol. The Morgan fingerprint density at radius 2 is 1.67 bits per heavy atom. The molecule has 2 aliphatic rings. The molecule has 0 aliphatic heterocycles. The van der Waals surface area contributed by atoms with Crippen LogP contribution in [-0.2, 0) is 0 Å². The molecule has 0 saturated heterocycles. The second-order valence-corrected chi connectivity index (χ2v) is 7.74. The van der Waals surface area contributed by atoms with Crippen molar-refractivity contribution in [3.8, 4) is 0 Å². The summed E-state index contributed by atoms with van der Waals surface area (Å²) in [5.74, 6) is -0.0401.